The molecule has 0 spiro atoms. The zero-order chi connectivity index (χ0) is 13.0. The lowest BCUT2D eigenvalue weighted by atomic mass is 9.98. The minimum atomic E-state index is -0.966. The third kappa shape index (κ3) is 3.42. The molecule has 94 valence electrons. The summed E-state index contributed by atoms with van der Waals surface area (Å²) in [5.74, 6) is -2.17. The Balaban J connectivity index is 2.95. The van der Waals surface area contributed by atoms with Crippen molar-refractivity contribution in [2.75, 3.05) is 0 Å². The standard InChI is InChI=1S/C12H16FNO3/c1-2-7-5-8(12(17)9(13)6-7)10(14)3-4-11(15)16/h5-6,10,17H,2-4,14H2,1H3,(H,15,16). The summed E-state index contributed by atoms with van der Waals surface area (Å²) < 4.78 is 13.4. The second-order valence-electron chi connectivity index (χ2n) is 3.91. The van der Waals surface area contributed by atoms with Crippen molar-refractivity contribution in [1.82, 2.24) is 0 Å². The number of aliphatic carboxylic acids is 1. The lowest BCUT2D eigenvalue weighted by molar-refractivity contribution is -0.137. The molecule has 1 unspecified atom stereocenters. The molecule has 1 rings (SSSR count). The lowest BCUT2D eigenvalue weighted by Crippen LogP contribution is -2.13. The summed E-state index contributed by atoms with van der Waals surface area (Å²) in [7, 11) is 0. The monoisotopic (exact) mass is 241 g/mol. The van der Waals surface area contributed by atoms with Gasteiger partial charge >= 0.3 is 5.97 Å². The summed E-state index contributed by atoms with van der Waals surface area (Å²) in [6.45, 7) is 1.86. The summed E-state index contributed by atoms with van der Waals surface area (Å²) in [5.41, 5.74) is 6.74. The number of halogens is 1. The van der Waals surface area contributed by atoms with Gasteiger partial charge in [0.1, 0.15) is 0 Å². The Bertz CT molecular complexity index is 420. The molecule has 0 saturated carbocycles. The molecule has 1 atom stereocenters. The molecule has 0 saturated heterocycles. The van der Waals surface area contributed by atoms with Crippen LogP contribution in [0.5, 0.6) is 5.75 Å². The number of carboxylic acids is 1. The van der Waals surface area contributed by atoms with Gasteiger partial charge in [0.05, 0.1) is 0 Å². The summed E-state index contributed by atoms with van der Waals surface area (Å²) >= 11 is 0. The maximum absolute atomic E-state index is 13.4. The van der Waals surface area contributed by atoms with Crippen LogP contribution < -0.4 is 5.73 Å². The van der Waals surface area contributed by atoms with Crippen molar-refractivity contribution in [3.8, 4) is 5.75 Å². The fourth-order valence-electron chi connectivity index (χ4n) is 1.60. The van der Waals surface area contributed by atoms with Gasteiger partial charge in [0.2, 0.25) is 0 Å². The van der Waals surface area contributed by atoms with Gasteiger partial charge in [0, 0.05) is 18.0 Å². The maximum Gasteiger partial charge on any atom is 0.303 e. The number of aryl methyl sites for hydroxylation is 1. The van der Waals surface area contributed by atoms with E-state index in [0.29, 0.717) is 6.42 Å². The third-order valence-electron chi connectivity index (χ3n) is 2.63. The van der Waals surface area contributed by atoms with E-state index >= 15 is 0 Å². The van der Waals surface area contributed by atoms with Crippen LogP contribution in [0.15, 0.2) is 12.1 Å². The fraction of sp³-hybridized carbons (Fsp3) is 0.417. The van der Waals surface area contributed by atoms with Gasteiger partial charge in [-0.25, -0.2) is 4.39 Å². The Morgan fingerprint density at radius 3 is 2.71 bits per heavy atom. The quantitative estimate of drug-likeness (QED) is 0.735. The molecule has 0 aliphatic carbocycles. The molecule has 5 heteroatoms. The Kier molecular flexibility index (Phi) is 4.45. The minimum Gasteiger partial charge on any atom is -0.505 e. The summed E-state index contributed by atoms with van der Waals surface area (Å²) in [6, 6.07) is 2.19. The predicted octanol–water partition coefficient (Wildman–Crippen LogP) is 1.96. The molecule has 1 aromatic carbocycles. The SMILES string of the molecule is CCc1cc(F)c(O)c(C(N)CCC(=O)O)c1. The zero-order valence-electron chi connectivity index (χ0n) is 9.61. The smallest absolute Gasteiger partial charge is 0.303 e. The molecular formula is C12H16FNO3. The molecule has 17 heavy (non-hydrogen) atoms. The van der Waals surface area contributed by atoms with Crippen LogP contribution in [0.4, 0.5) is 4.39 Å². The van der Waals surface area contributed by atoms with Gasteiger partial charge in [-0.05, 0) is 24.5 Å². The van der Waals surface area contributed by atoms with Gasteiger partial charge in [-0.15, -0.1) is 0 Å². The Labute approximate surface area is 98.9 Å². The number of phenolic OH excluding ortho intramolecular Hbond substituents is 1. The highest BCUT2D eigenvalue weighted by Gasteiger charge is 2.16. The average Bonchev–Trinajstić information content (AvgIpc) is 2.29. The molecule has 0 aromatic heterocycles. The first-order valence-electron chi connectivity index (χ1n) is 5.44. The maximum atomic E-state index is 13.4. The number of phenols is 1. The second-order valence-corrected chi connectivity index (χ2v) is 3.91. The van der Waals surface area contributed by atoms with E-state index in [9.17, 15) is 14.3 Å². The van der Waals surface area contributed by atoms with Crippen LogP contribution in [0.2, 0.25) is 0 Å². The highest BCUT2D eigenvalue weighted by molar-refractivity contribution is 5.66. The molecular weight excluding hydrogens is 225 g/mol. The van der Waals surface area contributed by atoms with E-state index in [2.05, 4.69) is 0 Å². The van der Waals surface area contributed by atoms with Crippen LogP contribution in [0, 0.1) is 5.82 Å². The molecule has 0 bridgehead atoms. The molecule has 0 radical (unpaired) electrons. The first kappa shape index (κ1) is 13.4. The van der Waals surface area contributed by atoms with Gasteiger partial charge < -0.3 is 15.9 Å². The van der Waals surface area contributed by atoms with Crippen molar-refractivity contribution >= 4 is 5.97 Å². The van der Waals surface area contributed by atoms with Gasteiger partial charge in [0.15, 0.2) is 11.6 Å². The van der Waals surface area contributed by atoms with E-state index < -0.39 is 23.6 Å². The number of carbonyl (C=O) groups is 1. The minimum absolute atomic E-state index is 0.113. The average molecular weight is 241 g/mol. The van der Waals surface area contributed by atoms with Crippen LogP contribution in [0.1, 0.15) is 36.9 Å². The van der Waals surface area contributed by atoms with E-state index in [1.54, 1.807) is 6.07 Å². The van der Waals surface area contributed by atoms with E-state index in [4.69, 9.17) is 10.8 Å². The Morgan fingerprint density at radius 1 is 1.53 bits per heavy atom. The lowest BCUT2D eigenvalue weighted by Gasteiger charge is -2.14. The highest BCUT2D eigenvalue weighted by Crippen LogP contribution is 2.29. The zero-order valence-corrected chi connectivity index (χ0v) is 9.61. The van der Waals surface area contributed by atoms with Crippen molar-refractivity contribution < 1.29 is 19.4 Å². The highest BCUT2D eigenvalue weighted by atomic mass is 19.1. The number of aromatic hydroxyl groups is 1. The largest absolute Gasteiger partial charge is 0.505 e. The van der Waals surface area contributed by atoms with Crippen LogP contribution in [0.25, 0.3) is 0 Å². The van der Waals surface area contributed by atoms with Crippen LogP contribution in [0.3, 0.4) is 0 Å². The normalized spacial score (nSPS) is 12.4. The van der Waals surface area contributed by atoms with Gasteiger partial charge in [-0.2, -0.15) is 0 Å². The van der Waals surface area contributed by atoms with Gasteiger partial charge in [0.25, 0.3) is 0 Å². The van der Waals surface area contributed by atoms with Crippen LogP contribution >= 0.6 is 0 Å². The van der Waals surface area contributed by atoms with Crippen molar-refractivity contribution in [3.63, 3.8) is 0 Å². The van der Waals surface area contributed by atoms with E-state index in [1.165, 1.54) is 6.07 Å². The summed E-state index contributed by atoms with van der Waals surface area (Å²) in [6.07, 6.45) is 0.671. The Morgan fingerprint density at radius 2 is 2.18 bits per heavy atom. The van der Waals surface area contributed by atoms with E-state index in [0.717, 1.165) is 5.56 Å². The number of hydrogen-bond acceptors (Lipinski definition) is 3. The predicted molar refractivity (Wildman–Crippen MR) is 61.2 cm³/mol. The molecule has 4 N–H and O–H groups in total. The van der Waals surface area contributed by atoms with E-state index in [-0.39, 0.29) is 18.4 Å². The number of benzene rings is 1. The van der Waals surface area contributed by atoms with Crippen LogP contribution in [-0.4, -0.2) is 16.2 Å². The molecule has 0 amide bonds. The molecule has 4 nitrogen and oxygen atoms in total. The number of rotatable bonds is 5. The third-order valence-corrected chi connectivity index (χ3v) is 2.63. The van der Waals surface area contributed by atoms with Gasteiger partial charge in [-0.3, -0.25) is 4.79 Å². The van der Waals surface area contributed by atoms with Crippen molar-refractivity contribution in [1.29, 1.82) is 0 Å². The summed E-state index contributed by atoms with van der Waals surface area (Å²) in [5, 5.41) is 18.1. The molecule has 0 heterocycles. The fourth-order valence-corrected chi connectivity index (χ4v) is 1.60. The van der Waals surface area contributed by atoms with Crippen molar-refractivity contribution in [3.05, 3.63) is 29.1 Å². The number of nitrogens with two attached hydrogens (primary N) is 1. The number of hydrogen-bond donors (Lipinski definition) is 3. The molecule has 1 aromatic rings. The number of carboxylic acid groups (broad SMARTS) is 1. The first-order chi connectivity index (χ1) is 7.95. The van der Waals surface area contributed by atoms with Crippen LogP contribution in [-0.2, 0) is 11.2 Å². The van der Waals surface area contributed by atoms with E-state index in [1.807, 2.05) is 6.92 Å². The second kappa shape index (κ2) is 5.63. The molecule has 0 fully saturated rings. The van der Waals surface area contributed by atoms with Crippen molar-refractivity contribution in [2.24, 2.45) is 5.73 Å². The topological polar surface area (TPSA) is 83.5 Å². The van der Waals surface area contributed by atoms with Gasteiger partial charge in [-0.1, -0.05) is 13.0 Å². The van der Waals surface area contributed by atoms with Crippen molar-refractivity contribution in [2.45, 2.75) is 32.2 Å². The molecule has 0 aliphatic rings. The molecule has 0 aliphatic heterocycles. The summed E-state index contributed by atoms with van der Waals surface area (Å²) in [4.78, 5) is 10.4. The Hall–Kier alpha value is -1.62. The first-order valence-corrected chi connectivity index (χ1v) is 5.44.